The fourth-order valence-electron chi connectivity index (χ4n) is 1.92. The number of alkyl halides is 1. The van der Waals surface area contributed by atoms with E-state index in [1.54, 1.807) is 19.9 Å². The molecule has 0 aromatic carbocycles. The van der Waals surface area contributed by atoms with Gasteiger partial charge in [-0.05, 0) is 33.9 Å². The van der Waals surface area contributed by atoms with Gasteiger partial charge in [-0.2, -0.15) is 0 Å². The zero-order chi connectivity index (χ0) is 14.8. The van der Waals surface area contributed by atoms with Gasteiger partial charge in [0, 0.05) is 23.5 Å². The summed E-state index contributed by atoms with van der Waals surface area (Å²) < 4.78 is 27.0. The molecule has 1 atom stereocenters. The molecule has 0 bridgehead atoms. The molecule has 0 radical (unpaired) electrons. The molecule has 0 saturated carbocycles. The van der Waals surface area contributed by atoms with E-state index in [0.717, 1.165) is 11.4 Å². The number of halogens is 1. The zero-order valence-electron chi connectivity index (χ0n) is 11.5. The van der Waals surface area contributed by atoms with Gasteiger partial charge in [0.15, 0.2) is 5.78 Å². The normalized spacial score (nSPS) is 13.5. The molecule has 7 heteroatoms. The lowest BCUT2D eigenvalue weighted by Gasteiger charge is -2.10. The Morgan fingerprint density at radius 1 is 1.47 bits per heavy atom. The SMILES string of the molecule is CNS(=O)(=O)CCn1c(C)cc(C(=O)C(C)Cl)c1C. The average Bonchev–Trinajstić information content (AvgIpc) is 2.61. The van der Waals surface area contributed by atoms with Crippen LogP contribution < -0.4 is 4.72 Å². The molecule has 108 valence electrons. The quantitative estimate of drug-likeness (QED) is 0.639. The van der Waals surface area contributed by atoms with Crippen LogP contribution in [0.5, 0.6) is 0 Å². The van der Waals surface area contributed by atoms with Crippen LogP contribution in [0, 0.1) is 13.8 Å². The lowest BCUT2D eigenvalue weighted by Crippen LogP contribution is -2.25. The third-order valence-corrected chi connectivity index (χ3v) is 4.64. The fraction of sp³-hybridized carbons (Fsp3) is 0.583. The first kappa shape index (κ1) is 16.2. The van der Waals surface area contributed by atoms with Crippen molar-refractivity contribution >= 4 is 27.4 Å². The van der Waals surface area contributed by atoms with E-state index in [-0.39, 0.29) is 11.5 Å². The molecule has 1 unspecified atom stereocenters. The van der Waals surface area contributed by atoms with Crippen molar-refractivity contribution in [1.82, 2.24) is 9.29 Å². The number of nitrogens with one attached hydrogen (secondary N) is 1. The number of hydrogen-bond donors (Lipinski definition) is 1. The molecule has 1 heterocycles. The monoisotopic (exact) mass is 306 g/mol. The van der Waals surface area contributed by atoms with Gasteiger partial charge in [-0.25, -0.2) is 13.1 Å². The molecule has 0 aliphatic heterocycles. The Balaban J connectivity index is 3.02. The van der Waals surface area contributed by atoms with Gasteiger partial charge in [-0.1, -0.05) is 0 Å². The Bertz CT molecular complexity index is 576. The van der Waals surface area contributed by atoms with Gasteiger partial charge < -0.3 is 4.57 Å². The van der Waals surface area contributed by atoms with Gasteiger partial charge >= 0.3 is 0 Å². The Morgan fingerprint density at radius 2 is 2.05 bits per heavy atom. The van der Waals surface area contributed by atoms with Crippen LogP contribution in [-0.2, 0) is 16.6 Å². The highest BCUT2D eigenvalue weighted by Crippen LogP contribution is 2.18. The summed E-state index contributed by atoms with van der Waals surface area (Å²) in [5, 5.41) is -0.588. The average molecular weight is 307 g/mol. The van der Waals surface area contributed by atoms with Crippen LogP contribution in [0.1, 0.15) is 28.7 Å². The van der Waals surface area contributed by atoms with Crippen molar-refractivity contribution in [2.24, 2.45) is 0 Å². The predicted octanol–water partition coefficient (Wildman–Crippen LogP) is 1.46. The van der Waals surface area contributed by atoms with Crippen molar-refractivity contribution in [2.45, 2.75) is 32.7 Å². The third-order valence-electron chi connectivity index (χ3n) is 3.10. The number of carbonyl (C=O) groups excluding carboxylic acids is 1. The van der Waals surface area contributed by atoms with Crippen molar-refractivity contribution in [3.05, 3.63) is 23.0 Å². The van der Waals surface area contributed by atoms with E-state index in [1.807, 2.05) is 11.5 Å². The van der Waals surface area contributed by atoms with E-state index in [2.05, 4.69) is 4.72 Å². The molecular weight excluding hydrogens is 288 g/mol. The topological polar surface area (TPSA) is 68.2 Å². The molecule has 0 saturated heterocycles. The van der Waals surface area contributed by atoms with Crippen LogP contribution in [0.2, 0.25) is 0 Å². The van der Waals surface area contributed by atoms with Crippen LogP contribution in [0.3, 0.4) is 0 Å². The molecular formula is C12H19ClN2O3S. The maximum atomic E-state index is 11.9. The van der Waals surface area contributed by atoms with Crippen LogP contribution in [0.15, 0.2) is 6.07 Å². The van der Waals surface area contributed by atoms with Crippen LogP contribution >= 0.6 is 11.6 Å². The Labute approximate surface area is 119 Å². The standard InChI is InChI=1S/C12H19ClN2O3S/c1-8-7-11(12(16)9(2)13)10(3)15(8)5-6-19(17,18)14-4/h7,9,14H,5-6H2,1-4H3. The van der Waals surface area contributed by atoms with Gasteiger partial charge in [0.1, 0.15) is 0 Å². The second kappa shape index (κ2) is 6.07. The van der Waals surface area contributed by atoms with E-state index < -0.39 is 15.4 Å². The van der Waals surface area contributed by atoms with Crippen LogP contribution in [0.4, 0.5) is 0 Å². The first-order valence-corrected chi connectivity index (χ1v) is 8.04. The minimum absolute atomic E-state index is 0.0239. The highest BCUT2D eigenvalue weighted by molar-refractivity contribution is 7.89. The van der Waals surface area contributed by atoms with E-state index in [4.69, 9.17) is 11.6 Å². The summed E-state index contributed by atoms with van der Waals surface area (Å²) in [7, 11) is -1.88. The highest BCUT2D eigenvalue weighted by atomic mass is 35.5. The molecule has 19 heavy (non-hydrogen) atoms. The minimum atomic E-state index is -3.26. The van der Waals surface area contributed by atoms with Crippen molar-refractivity contribution < 1.29 is 13.2 Å². The molecule has 0 aliphatic carbocycles. The van der Waals surface area contributed by atoms with Crippen molar-refractivity contribution in [3.63, 3.8) is 0 Å². The van der Waals surface area contributed by atoms with E-state index in [9.17, 15) is 13.2 Å². The number of aryl methyl sites for hydroxylation is 1. The second-order valence-electron chi connectivity index (χ2n) is 4.44. The van der Waals surface area contributed by atoms with Gasteiger partial charge in [-0.15, -0.1) is 11.6 Å². The molecule has 0 spiro atoms. The summed E-state index contributed by atoms with van der Waals surface area (Å²) in [6.07, 6.45) is 0. The first-order chi connectivity index (χ1) is 8.69. The lowest BCUT2D eigenvalue weighted by molar-refractivity contribution is 0.0991. The molecule has 0 aliphatic rings. The number of hydrogen-bond acceptors (Lipinski definition) is 3. The number of carbonyl (C=O) groups is 1. The number of aromatic nitrogens is 1. The molecule has 1 aromatic heterocycles. The van der Waals surface area contributed by atoms with E-state index >= 15 is 0 Å². The predicted molar refractivity (Wildman–Crippen MR) is 76.4 cm³/mol. The molecule has 0 amide bonds. The first-order valence-electron chi connectivity index (χ1n) is 5.96. The summed E-state index contributed by atoms with van der Waals surface area (Å²) in [5.74, 6) is -0.165. The van der Waals surface area contributed by atoms with Gasteiger partial charge in [0.25, 0.3) is 0 Å². The summed E-state index contributed by atoms with van der Waals surface area (Å²) in [4.78, 5) is 11.9. The number of rotatable bonds is 6. The summed E-state index contributed by atoms with van der Waals surface area (Å²) >= 11 is 5.80. The summed E-state index contributed by atoms with van der Waals surface area (Å²) in [6, 6.07) is 1.75. The minimum Gasteiger partial charge on any atom is -0.347 e. The third kappa shape index (κ3) is 3.81. The number of sulfonamides is 1. The van der Waals surface area contributed by atoms with E-state index in [0.29, 0.717) is 12.1 Å². The fourth-order valence-corrected chi connectivity index (χ4v) is 2.67. The van der Waals surface area contributed by atoms with Gasteiger partial charge in [0.05, 0.1) is 11.1 Å². The van der Waals surface area contributed by atoms with Crippen molar-refractivity contribution in [1.29, 1.82) is 0 Å². The molecule has 1 aromatic rings. The Hall–Kier alpha value is -0.850. The number of ketones is 1. The Kier molecular flexibility index (Phi) is 5.18. The molecule has 5 nitrogen and oxygen atoms in total. The molecule has 0 fully saturated rings. The maximum Gasteiger partial charge on any atom is 0.213 e. The summed E-state index contributed by atoms with van der Waals surface area (Å²) in [6.45, 7) is 5.58. The van der Waals surface area contributed by atoms with Gasteiger partial charge in [0.2, 0.25) is 10.0 Å². The van der Waals surface area contributed by atoms with Crippen molar-refractivity contribution in [2.75, 3.05) is 12.8 Å². The Morgan fingerprint density at radius 3 is 2.53 bits per heavy atom. The smallest absolute Gasteiger partial charge is 0.213 e. The number of Topliss-reactive ketones (excluding diaryl/α,β-unsaturated/α-hetero) is 1. The van der Waals surface area contributed by atoms with Crippen LogP contribution in [-0.4, -0.2) is 36.9 Å². The zero-order valence-corrected chi connectivity index (χ0v) is 13.1. The maximum absolute atomic E-state index is 11.9. The summed E-state index contributed by atoms with van der Waals surface area (Å²) in [5.41, 5.74) is 2.16. The van der Waals surface area contributed by atoms with Gasteiger partial charge in [-0.3, -0.25) is 4.79 Å². The highest BCUT2D eigenvalue weighted by Gasteiger charge is 2.20. The van der Waals surface area contributed by atoms with Crippen molar-refractivity contribution in [3.8, 4) is 0 Å². The van der Waals surface area contributed by atoms with E-state index in [1.165, 1.54) is 7.05 Å². The largest absolute Gasteiger partial charge is 0.347 e. The van der Waals surface area contributed by atoms with Crippen LogP contribution in [0.25, 0.3) is 0 Å². The molecule has 1 N–H and O–H groups in total. The molecule has 1 rings (SSSR count). The second-order valence-corrected chi connectivity index (χ2v) is 7.14. The number of nitrogens with zero attached hydrogens (tertiary/aromatic N) is 1. The lowest BCUT2D eigenvalue weighted by atomic mass is 10.1.